The van der Waals surface area contributed by atoms with Crippen molar-refractivity contribution >= 4 is 25.7 Å². The van der Waals surface area contributed by atoms with Crippen molar-refractivity contribution in [2.75, 3.05) is 26.4 Å². The molecule has 0 bridgehead atoms. The third-order valence-corrected chi connectivity index (χ3v) is 14.6. The minimum atomic E-state index is -4.74. The van der Waals surface area contributed by atoms with Crippen LogP contribution in [0.15, 0.2) is 12.2 Å². The van der Waals surface area contributed by atoms with Gasteiger partial charge < -0.3 is 24.2 Å². The highest BCUT2D eigenvalue weighted by atomic mass is 31.2. The van der Waals surface area contributed by atoms with Gasteiger partial charge in [0.05, 0.1) is 19.8 Å². The third kappa shape index (κ3) is 53.1. The van der Waals surface area contributed by atoms with Gasteiger partial charge in [0.2, 0.25) is 0 Å². The van der Waals surface area contributed by atoms with Crippen molar-refractivity contribution in [3.8, 4) is 0 Å². The van der Waals surface area contributed by atoms with Gasteiger partial charge in [-0.15, -0.1) is 0 Å². The Morgan fingerprint density at radius 3 is 0.958 bits per heavy atom. The number of aliphatic hydroxyl groups excluding tert-OH is 1. The van der Waals surface area contributed by atoms with Gasteiger partial charge in [-0.3, -0.25) is 23.4 Å². The fraction of sp³-hybridized carbons (Fsp3) is 0.917. The summed E-state index contributed by atoms with van der Waals surface area (Å²) in [5, 5.41) is 9.80. The summed E-state index contributed by atoms with van der Waals surface area (Å²) in [6.45, 7) is 4.70. The maximum Gasteiger partial charge on any atom is 0.472 e. The van der Waals surface area contributed by atoms with Gasteiger partial charge in [-0.1, -0.05) is 264 Å². The second-order valence-corrected chi connectivity index (χ2v) is 22.3. The number of phosphoric ester groups is 1. The van der Waals surface area contributed by atoms with E-state index in [4.69, 9.17) is 23.3 Å². The second-order valence-electron chi connectivity index (χ2n) is 20.9. The molecule has 0 aliphatic carbocycles. The minimum absolute atomic E-state index is 0.176. The molecular weight excluding hydrogens is 928 g/mol. The molecule has 3 unspecified atom stereocenters. The first-order valence-corrected chi connectivity index (χ1v) is 32.1. The van der Waals surface area contributed by atoms with Crippen LogP contribution in [0.1, 0.15) is 316 Å². The number of esters is 3. The lowest BCUT2D eigenvalue weighted by molar-refractivity contribution is -0.161. The maximum atomic E-state index is 12.9. The number of ether oxygens (including phenoxy) is 3. The zero-order valence-corrected chi connectivity index (χ0v) is 48.1. The van der Waals surface area contributed by atoms with E-state index >= 15 is 0 Å². The molecule has 0 fully saturated rings. The van der Waals surface area contributed by atoms with Crippen molar-refractivity contribution < 1.29 is 52.2 Å². The van der Waals surface area contributed by atoms with Crippen LogP contribution in [-0.4, -0.2) is 66.5 Å². The smallest absolute Gasteiger partial charge is 0.462 e. The van der Waals surface area contributed by atoms with Crippen molar-refractivity contribution in [2.24, 2.45) is 0 Å². The number of aliphatic hydroxyl groups is 1. The van der Waals surface area contributed by atoms with E-state index in [-0.39, 0.29) is 25.9 Å². The van der Waals surface area contributed by atoms with Crippen LogP contribution < -0.4 is 0 Å². The predicted octanol–water partition coefficient (Wildman–Crippen LogP) is 18.0. The second kappa shape index (κ2) is 55.5. The van der Waals surface area contributed by atoms with Gasteiger partial charge in [-0.05, 0) is 44.9 Å². The molecule has 0 rings (SSSR count). The van der Waals surface area contributed by atoms with E-state index in [1.165, 1.54) is 199 Å². The molecule has 0 amide bonds. The first kappa shape index (κ1) is 70.2. The summed E-state index contributed by atoms with van der Waals surface area (Å²) >= 11 is 0. The van der Waals surface area contributed by atoms with Crippen LogP contribution in [0.4, 0.5) is 0 Å². The number of carbonyl (C=O) groups is 3. The number of allylic oxidation sites excluding steroid dienone is 2. The fourth-order valence-corrected chi connectivity index (χ4v) is 9.78. The Hall–Kier alpha value is -1.78. The average Bonchev–Trinajstić information content (AvgIpc) is 3.37. The molecule has 0 spiro atoms. The minimum Gasteiger partial charge on any atom is -0.462 e. The molecule has 12 heteroatoms. The van der Waals surface area contributed by atoms with E-state index in [1.54, 1.807) is 0 Å². The van der Waals surface area contributed by atoms with Crippen LogP contribution in [0, 0.1) is 0 Å². The van der Waals surface area contributed by atoms with Crippen LogP contribution >= 0.6 is 7.82 Å². The molecule has 0 aromatic rings. The van der Waals surface area contributed by atoms with Crippen molar-refractivity contribution in [3.05, 3.63) is 12.2 Å². The van der Waals surface area contributed by atoms with Crippen LogP contribution in [0.3, 0.4) is 0 Å². The van der Waals surface area contributed by atoms with Crippen molar-refractivity contribution in [3.63, 3.8) is 0 Å². The number of rotatable bonds is 58. The molecule has 0 aromatic carbocycles. The van der Waals surface area contributed by atoms with E-state index < -0.39 is 57.8 Å². The van der Waals surface area contributed by atoms with E-state index in [0.717, 1.165) is 57.8 Å². The van der Waals surface area contributed by atoms with Gasteiger partial charge >= 0.3 is 25.7 Å². The molecule has 0 aliphatic rings. The number of phosphoric acid groups is 1. The summed E-state index contributed by atoms with van der Waals surface area (Å²) < 4.78 is 39.6. The van der Waals surface area contributed by atoms with E-state index in [0.29, 0.717) is 19.3 Å². The maximum absolute atomic E-state index is 12.9. The number of hydrogen-bond acceptors (Lipinski definition) is 10. The fourth-order valence-electron chi connectivity index (χ4n) is 9.00. The Bertz CT molecular complexity index is 1260. The predicted molar refractivity (Wildman–Crippen MR) is 298 cm³/mol. The lowest BCUT2D eigenvalue weighted by atomic mass is 10.0. The molecule has 0 aromatic heterocycles. The van der Waals surface area contributed by atoms with Crippen molar-refractivity contribution in [1.82, 2.24) is 0 Å². The molecule has 3 atom stereocenters. The van der Waals surface area contributed by atoms with Gasteiger partial charge in [0.1, 0.15) is 12.7 Å². The standard InChI is InChI=1S/C60H115O11P/c1-4-7-10-13-16-19-22-24-26-27-28-29-31-32-35-37-40-43-46-49-58(62)67-53-57(71-60(64)51-48-45-42-39-36-33-30-25-23-20-17-14-11-8-5-2)55-69-72(65,66)68-54-56(52-61)70-59(63)50-47-44-41-38-34-21-18-15-12-9-6-3/h24,26,56-57,61H,4-23,25,27-55H2,1-3H3,(H,65,66)/b26-24-. The van der Waals surface area contributed by atoms with E-state index in [1.807, 2.05) is 0 Å². The zero-order chi connectivity index (χ0) is 52.7. The Kier molecular flexibility index (Phi) is 54.1. The zero-order valence-electron chi connectivity index (χ0n) is 47.2. The monoisotopic (exact) mass is 1040 g/mol. The largest absolute Gasteiger partial charge is 0.472 e. The Balaban J connectivity index is 4.64. The molecule has 2 N–H and O–H groups in total. The molecule has 0 aliphatic heterocycles. The molecule has 11 nitrogen and oxygen atoms in total. The summed E-state index contributed by atoms with van der Waals surface area (Å²) in [5.41, 5.74) is 0. The lowest BCUT2D eigenvalue weighted by Gasteiger charge is -2.21. The summed E-state index contributed by atoms with van der Waals surface area (Å²) in [4.78, 5) is 48.6. The molecule has 0 saturated carbocycles. The quantitative estimate of drug-likeness (QED) is 0.0197. The number of unbranched alkanes of at least 4 members (excludes halogenated alkanes) is 39. The Labute approximate surface area is 443 Å². The lowest BCUT2D eigenvalue weighted by Crippen LogP contribution is -2.30. The van der Waals surface area contributed by atoms with E-state index in [2.05, 4.69) is 32.9 Å². The highest BCUT2D eigenvalue weighted by Crippen LogP contribution is 2.43. The highest BCUT2D eigenvalue weighted by molar-refractivity contribution is 7.47. The molecule has 0 saturated heterocycles. The van der Waals surface area contributed by atoms with Crippen LogP contribution in [0.5, 0.6) is 0 Å². The normalized spacial score (nSPS) is 13.3. The number of hydrogen-bond donors (Lipinski definition) is 2. The topological polar surface area (TPSA) is 155 Å². The van der Waals surface area contributed by atoms with Crippen LogP contribution in [0.2, 0.25) is 0 Å². The first-order chi connectivity index (χ1) is 35.2. The van der Waals surface area contributed by atoms with Gasteiger partial charge in [0, 0.05) is 19.3 Å². The van der Waals surface area contributed by atoms with Crippen molar-refractivity contribution in [2.45, 2.75) is 328 Å². The summed E-state index contributed by atoms with van der Waals surface area (Å²) in [5.74, 6) is -1.43. The third-order valence-electron chi connectivity index (χ3n) is 13.7. The molecule has 426 valence electrons. The summed E-state index contributed by atoms with van der Waals surface area (Å²) in [6, 6.07) is 0. The van der Waals surface area contributed by atoms with Gasteiger partial charge in [0.25, 0.3) is 0 Å². The molecule has 0 radical (unpaired) electrons. The number of carbonyl (C=O) groups excluding carboxylic acids is 3. The average molecular weight is 1040 g/mol. The molecular formula is C60H115O11P. The summed E-state index contributed by atoms with van der Waals surface area (Å²) in [7, 11) is -4.74. The van der Waals surface area contributed by atoms with Gasteiger partial charge in [0.15, 0.2) is 6.10 Å². The van der Waals surface area contributed by atoms with Gasteiger partial charge in [-0.25, -0.2) is 4.57 Å². The van der Waals surface area contributed by atoms with E-state index in [9.17, 15) is 28.9 Å². The highest BCUT2D eigenvalue weighted by Gasteiger charge is 2.28. The summed E-state index contributed by atoms with van der Waals surface area (Å²) in [6.07, 6.45) is 54.5. The first-order valence-electron chi connectivity index (χ1n) is 30.6. The van der Waals surface area contributed by atoms with Crippen LogP contribution in [-0.2, 0) is 42.2 Å². The SMILES string of the molecule is CCCCCCCC/C=C\CCCCCCCCCCCC(=O)OCC(COP(=O)(O)OCC(CO)OC(=O)CCCCCCCCCCCCC)OC(=O)CCCCCCCCCCCCCCCCC. The Morgan fingerprint density at radius 2 is 0.639 bits per heavy atom. The van der Waals surface area contributed by atoms with Gasteiger partial charge in [-0.2, -0.15) is 0 Å². The van der Waals surface area contributed by atoms with Crippen molar-refractivity contribution in [1.29, 1.82) is 0 Å². The Morgan fingerprint density at radius 1 is 0.375 bits per heavy atom. The molecule has 72 heavy (non-hydrogen) atoms. The molecule has 0 heterocycles. The van der Waals surface area contributed by atoms with Crippen LogP contribution in [0.25, 0.3) is 0 Å².